The summed E-state index contributed by atoms with van der Waals surface area (Å²) in [5.41, 5.74) is 8.44. The maximum Gasteiger partial charge on any atom is 0.0162 e. The number of hydrogen-bond acceptors (Lipinski definition) is 0. The number of hydrogen-bond donors (Lipinski definition) is 0. The molecule has 0 saturated heterocycles. The van der Waals surface area contributed by atoms with Crippen molar-refractivity contribution in [2.24, 2.45) is 0 Å². The van der Waals surface area contributed by atoms with Crippen molar-refractivity contribution in [3.8, 4) is 0 Å². The first kappa shape index (κ1) is 12.5. The van der Waals surface area contributed by atoms with Crippen molar-refractivity contribution in [3.05, 3.63) is 50.3 Å². The first-order chi connectivity index (χ1) is 7.08. The van der Waals surface area contributed by atoms with Crippen LogP contribution in [0.5, 0.6) is 0 Å². The maximum atomic E-state index is 3.73. The molecule has 0 heterocycles. The van der Waals surface area contributed by atoms with Gasteiger partial charge in [0.15, 0.2) is 0 Å². The molecule has 0 bridgehead atoms. The van der Waals surface area contributed by atoms with Gasteiger partial charge in [0.05, 0.1) is 0 Å². The van der Waals surface area contributed by atoms with Gasteiger partial charge in [0.1, 0.15) is 0 Å². The van der Waals surface area contributed by atoms with Crippen molar-refractivity contribution in [3.63, 3.8) is 0 Å². The predicted molar refractivity (Wildman–Crippen MR) is 75.3 cm³/mol. The standard InChI is InChI=1S/C14H17I/c1-5-12(6-2)9-13-7-11(4)14(15)8-10(13)3/h7-8H,1,6,9H2,2-4H3. The molecular weight excluding hydrogens is 295 g/mol. The molecule has 0 fully saturated rings. The zero-order valence-electron chi connectivity index (χ0n) is 9.65. The van der Waals surface area contributed by atoms with E-state index >= 15 is 0 Å². The molecule has 0 aromatic heterocycles. The van der Waals surface area contributed by atoms with Gasteiger partial charge in [-0.05, 0) is 71.2 Å². The van der Waals surface area contributed by atoms with Crippen LogP contribution in [0.25, 0.3) is 0 Å². The minimum Gasteiger partial charge on any atom is -0.129 e. The highest BCUT2D eigenvalue weighted by Gasteiger charge is 2.04. The van der Waals surface area contributed by atoms with E-state index < -0.39 is 0 Å². The van der Waals surface area contributed by atoms with Gasteiger partial charge in [-0.25, -0.2) is 0 Å². The van der Waals surface area contributed by atoms with Gasteiger partial charge in [-0.3, -0.25) is 0 Å². The molecule has 1 rings (SSSR count). The second-order valence-corrected chi connectivity index (χ2v) is 5.00. The van der Waals surface area contributed by atoms with Gasteiger partial charge in [-0.15, -0.1) is 5.73 Å². The van der Waals surface area contributed by atoms with Crippen LogP contribution in [0.15, 0.2) is 30.0 Å². The van der Waals surface area contributed by atoms with Crippen LogP contribution in [0.1, 0.15) is 30.0 Å². The van der Waals surface area contributed by atoms with Crippen LogP contribution >= 0.6 is 22.6 Å². The van der Waals surface area contributed by atoms with E-state index in [1.54, 1.807) is 0 Å². The van der Waals surface area contributed by atoms with Gasteiger partial charge in [-0.1, -0.05) is 19.6 Å². The van der Waals surface area contributed by atoms with Crippen LogP contribution in [0.2, 0.25) is 0 Å². The lowest BCUT2D eigenvalue weighted by atomic mass is 9.98. The van der Waals surface area contributed by atoms with E-state index in [0.29, 0.717) is 0 Å². The average molecular weight is 312 g/mol. The molecule has 1 heteroatoms. The molecule has 1 aromatic carbocycles. The third kappa shape index (κ3) is 3.22. The molecule has 0 spiro atoms. The van der Waals surface area contributed by atoms with Gasteiger partial charge in [0.25, 0.3) is 0 Å². The second kappa shape index (κ2) is 5.53. The normalized spacial score (nSPS) is 9.87. The zero-order valence-corrected chi connectivity index (χ0v) is 11.8. The van der Waals surface area contributed by atoms with Crippen molar-refractivity contribution in [1.29, 1.82) is 0 Å². The van der Waals surface area contributed by atoms with Crippen molar-refractivity contribution in [1.82, 2.24) is 0 Å². The van der Waals surface area contributed by atoms with Crippen molar-refractivity contribution >= 4 is 22.6 Å². The lowest BCUT2D eigenvalue weighted by Gasteiger charge is -2.09. The molecule has 0 aliphatic carbocycles. The number of aryl methyl sites for hydroxylation is 2. The quantitative estimate of drug-likeness (QED) is 0.566. The topological polar surface area (TPSA) is 0 Å². The van der Waals surface area contributed by atoms with E-state index in [4.69, 9.17) is 0 Å². The van der Waals surface area contributed by atoms with Crippen LogP contribution in [-0.2, 0) is 6.42 Å². The Kier molecular flexibility index (Phi) is 4.62. The highest BCUT2D eigenvalue weighted by Crippen LogP contribution is 2.20. The van der Waals surface area contributed by atoms with E-state index in [9.17, 15) is 0 Å². The smallest absolute Gasteiger partial charge is 0.0162 e. The molecule has 0 aliphatic rings. The Hall–Kier alpha value is -0.530. The molecule has 0 saturated carbocycles. The first-order valence-corrected chi connectivity index (χ1v) is 6.29. The molecule has 0 amide bonds. The molecule has 0 unspecified atom stereocenters. The molecule has 0 atom stereocenters. The third-order valence-corrected chi connectivity index (χ3v) is 3.86. The summed E-state index contributed by atoms with van der Waals surface area (Å²) in [5, 5.41) is 0. The molecule has 0 aliphatic heterocycles. The Morgan fingerprint density at radius 3 is 2.53 bits per heavy atom. The van der Waals surface area contributed by atoms with Crippen LogP contribution in [0.3, 0.4) is 0 Å². The predicted octanol–water partition coefficient (Wildman–Crippen LogP) is 4.57. The number of rotatable bonds is 3. The average Bonchev–Trinajstić information content (AvgIpc) is 2.21. The summed E-state index contributed by atoms with van der Waals surface area (Å²) in [6.45, 7) is 10.2. The summed E-state index contributed by atoms with van der Waals surface area (Å²) >= 11 is 2.38. The number of halogens is 1. The van der Waals surface area contributed by atoms with Crippen LogP contribution in [0, 0.1) is 17.4 Å². The Morgan fingerprint density at radius 1 is 1.33 bits per heavy atom. The Bertz CT molecular complexity index is 410. The fourth-order valence-electron chi connectivity index (χ4n) is 1.57. The highest BCUT2D eigenvalue weighted by molar-refractivity contribution is 14.1. The largest absolute Gasteiger partial charge is 0.129 e. The van der Waals surface area contributed by atoms with Gasteiger partial charge in [0.2, 0.25) is 0 Å². The molecule has 1 aromatic rings. The van der Waals surface area contributed by atoms with Crippen molar-refractivity contribution in [2.45, 2.75) is 33.6 Å². The SMILES string of the molecule is C=C=C(CC)Cc1cc(C)c(I)cc1C. The maximum absolute atomic E-state index is 3.73. The third-order valence-electron chi connectivity index (χ3n) is 2.70. The summed E-state index contributed by atoms with van der Waals surface area (Å²) < 4.78 is 1.34. The zero-order chi connectivity index (χ0) is 11.4. The molecule has 0 N–H and O–H groups in total. The van der Waals surface area contributed by atoms with E-state index in [1.807, 2.05) is 0 Å². The monoisotopic (exact) mass is 312 g/mol. The Balaban J connectivity index is 3.05. The van der Waals surface area contributed by atoms with Crippen LogP contribution < -0.4 is 0 Å². The van der Waals surface area contributed by atoms with Crippen LogP contribution in [-0.4, -0.2) is 0 Å². The lowest BCUT2D eigenvalue weighted by Crippen LogP contribution is -1.95. The van der Waals surface area contributed by atoms with Crippen LogP contribution in [0.4, 0.5) is 0 Å². The van der Waals surface area contributed by atoms with Gasteiger partial charge >= 0.3 is 0 Å². The summed E-state index contributed by atoms with van der Waals surface area (Å²) in [6, 6.07) is 4.53. The number of allylic oxidation sites excluding steroid dienone is 1. The Morgan fingerprint density at radius 2 is 2.00 bits per heavy atom. The van der Waals surface area contributed by atoms with E-state index in [-0.39, 0.29) is 0 Å². The van der Waals surface area contributed by atoms with Crippen molar-refractivity contribution < 1.29 is 0 Å². The highest BCUT2D eigenvalue weighted by atomic mass is 127. The van der Waals surface area contributed by atoms with E-state index in [2.05, 4.69) is 67.8 Å². The summed E-state index contributed by atoms with van der Waals surface area (Å²) in [4.78, 5) is 0. The second-order valence-electron chi connectivity index (χ2n) is 3.84. The lowest BCUT2D eigenvalue weighted by molar-refractivity contribution is 0.997. The minimum atomic E-state index is 0.990. The summed E-state index contributed by atoms with van der Waals surface area (Å²) in [7, 11) is 0. The van der Waals surface area contributed by atoms with Crippen molar-refractivity contribution in [2.75, 3.05) is 0 Å². The fraction of sp³-hybridized carbons (Fsp3) is 0.357. The van der Waals surface area contributed by atoms with E-state index in [0.717, 1.165) is 12.8 Å². The van der Waals surface area contributed by atoms with Gasteiger partial charge < -0.3 is 0 Å². The minimum absolute atomic E-state index is 0.990. The van der Waals surface area contributed by atoms with E-state index in [1.165, 1.54) is 25.8 Å². The summed E-state index contributed by atoms with van der Waals surface area (Å²) in [6.07, 6.45) is 2.03. The first-order valence-electron chi connectivity index (χ1n) is 5.22. The molecule has 80 valence electrons. The summed E-state index contributed by atoms with van der Waals surface area (Å²) in [5.74, 6) is 0. The number of benzene rings is 1. The molecule has 0 radical (unpaired) electrons. The Labute approximate surface area is 106 Å². The van der Waals surface area contributed by atoms with Gasteiger partial charge in [0, 0.05) is 9.99 Å². The fourth-order valence-corrected chi connectivity index (χ4v) is 2.20. The molecular formula is C14H17I. The van der Waals surface area contributed by atoms with Gasteiger partial charge in [-0.2, -0.15) is 0 Å². The molecule has 0 nitrogen and oxygen atoms in total. The molecule has 15 heavy (non-hydrogen) atoms.